The van der Waals surface area contributed by atoms with Crippen LogP contribution in [0.1, 0.15) is 16.1 Å². The number of amides is 1. The van der Waals surface area contributed by atoms with Crippen LogP contribution in [0.25, 0.3) is 22.4 Å². The highest BCUT2D eigenvalue weighted by Crippen LogP contribution is 2.27. The highest BCUT2D eigenvalue weighted by Gasteiger charge is 2.20. The van der Waals surface area contributed by atoms with Crippen molar-refractivity contribution in [1.82, 2.24) is 19.3 Å². The molecule has 0 spiro atoms. The molecule has 1 aromatic carbocycles. The van der Waals surface area contributed by atoms with Crippen molar-refractivity contribution >= 4 is 22.7 Å². The average molecular weight is 391 g/mol. The van der Waals surface area contributed by atoms with Gasteiger partial charge in [-0.2, -0.15) is 0 Å². The van der Waals surface area contributed by atoms with E-state index in [1.807, 2.05) is 30.3 Å². The van der Waals surface area contributed by atoms with Gasteiger partial charge in [-0.05, 0) is 13.0 Å². The van der Waals surface area contributed by atoms with Crippen molar-refractivity contribution in [2.75, 3.05) is 5.32 Å². The molecule has 29 heavy (non-hydrogen) atoms. The monoisotopic (exact) mass is 391 g/mol. The van der Waals surface area contributed by atoms with E-state index < -0.39 is 17.2 Å². The van der Waals surface area contributed by atoms with Gasteiger partial charge in [0.1, 0.15) is 5.69 Å². The Kier molecular flexibility index (Phi) is 4.34. The number of carbonyl (C=O) groups excluding carboxylic acids is 1. The number of aryl methyl sites for hydroxylation is 2. The van der Waals surface area contributed by atoms with Crippen LogP contribution in [0.2, 0.25) is 0 Å². The molecule has 0 fully saturated rings. The number of pyridine rings is 1. The summed E-state index contributed by atoms with van der Waals surface area (Å²) in [6.07, 6.45) is 1.29. The van der Waals surface area contributed by atoms with Gasteiger partial charge < -0.3 is 14.4 Å². The minimum absolute atomic E-state index is 0.0140. The number of carbonyl (C=O) groups is 1. The fourth-order valence-corrected chi connectivity index (χ4v) is 3.11. The van der Waals surface area contributed by atoms with Crippen LogP contribution in [0, 0.1) is 6.92 Å². The van der Waals surface area contributed by atoms with E-state index in [2.05, 4.69) is 15.5 Å². The summed E-state index contributed by atoms with van der Waals surface area (Å²) in [5.74, 6) is -0.531. The molecule has 3 heterocycles. The van der Waals surface area contributed by atoms with Crippen LogP contribution in [0.3, 0.4) is 0 Å². The van der Waals surface area contributed by atoms with E-state index in [0.29, 0.717) is 16.8 Å². The highest BCUT2D eigenvalue weighted by molar-refractivity contribution is 6.12. The van der Waals surface area contributed by atoms with Crippen LogP contribution in [0.5, 0.6) is 0 Å². The van der Waals surface area contributed by atoms with Crippen LogP contribution in [-0.2, 0) is 14.1 Å². The molecule has 4 aromatic rings. The molecule has 0 atom stereocenters. The Balaban J connectivity index is 1.85. The summed E-state index contributed by atoms with van der Waals surface area (Å²) in [5.41, 5.74) is 1.23. The van der Waals surface area contributed by atoms with E-state index in [9.17, 15) is 14.4 Å². The molecule has 0 aliphatic heterocycles. The Bertz CT molecular complexity index is 1370. The van der Waals surface area contributed by atoms with Crippen molar-refractivity contribution in [3.05, 3.63) is 74.7 Å². The van der Waals surface area contributed by atoms with Crippen molar-refractivity contribution in [2.45, 2.75) is 6.92 Å². The summed E-state index contributed by atoms with van der Waals surface area (Å²) >= 11 is 0. The van der Waals surface area contributed by atoms with Crippen LogP contribution in [-0.4, -0.2) is 25.2 Å². The standard InChI is InChI=1S/C20H17N5O4/c1-11-16-13(17(26)21-15-10-24(2)20(28)25(3)19(15)27)9-14(22-18(16)29-23-11)12-7-5-4-6-8-12/h4-10H,1-3H3,(H,21,26). The largest absolute Gasteiger partial charge is 0.335 e. The average Bonchev–Trinajstić information content (AvgIpc) is 3.11. The first-order valence-electron chi connectivity index (χ1n) is 8.77. The van der Waals surface area contributed by atoms with E-state index in [0.717, 1.165) is 10.1 Å². The van der Waals surface area contributed by atoms with E-state index in [4.69, 9.17) is 4.52 Å². The lowest BCUT2D eigenvalue weighted by atomic mass is 10.1. The second-order valence-electron chi connectivity index (χ2n) is 6.62. The Labute approximate surface area is 164 Å². The van der Waals surface area contributed by atoms with Crippen molar-refractivity contribution in [1.29, 1.82) is 0 Å². The lowest BCUT2D eigenvalue weighted by Gasteiger charge is -2.10. The van der Waals surface area contributed by atoms with Gasteiger partial charge in [-0.3, -0.25) is 14.2 Å². The molecular weight excluding hydrogens is 374 g/mol. The third-order valence-electron chi connectivity index (χ3n) is 4.63. The predicted octanol–water partition coefficient (Wildman–Crippen LogP) is 1.85. The molecule has 1 amide bonds. The fraction of sp³-hybridized carbons (Fsp3) is 0.150. The Morgan fingerprint density at radius 2 is 1.86 bits per heavy atom. The van der Waals surface area contributed by atoms with Gasteiger partial charge in [0.2, 0.25) is 0 Å². The fourth-order valence-electron chi connectivity index (χ4n) is 3.11. The maximum absolute atomic E-state index is 13.1. The van der Waals surface area contributed by atoms with Gasteiger partial charge in [0.15, 0.2) is 0 Å². The molecule has 0 aliphatic carbocycles. The van der Waals surface area contributed by atoms with Gasteiger partial charge >= 0.3 is 5.69 Å². The van der Waals surface area contributed by atoms with Gasteiger partial charge in [-0.15, -0.1) is 0 Å². The topological polar surface area (TPSA) is 112 Å². The van der Waals surface area contributed by atoms with Crippen molar-refractivity contribution in [3.8, 4) is 11.3 Å². The van der Waals surface area contributed by atoms with Gasteiger partial charge in [-0.1, -0.05) is 35.5 Å². The summed E-state index contributed by atoms with van der Waals surface area (Å²) in [6, 6.07) is 11.0. The summed E-state index contributed by atoms with van der Waals surface area (Å²) in [6.45, 7) is 1.71. The second-order valence-corrected chi connectivity index (χ2v) is 6.62. The number of nitrogens with one attached hydrogen (secondary N) is 1. The quantitative estimate of drug-likeness (QED) is 0.570. The molecule has 0 saturated heterocycles. The highest BCUT2D eigenvalue weighted by atomic mass is 16.5. The lowest BCUT2D eigenvalue weighted by molar-refractivity contribution is 0.102. The van der Waals surface area contributed by atoms with Crippen molar-refractivity contribution < 1.29 is 9.32 Å². The van der Waals surface area contributed by atoms with Crippen molar-refractivity contribution in [3.63, 3.8) is 0 Å². The van der Waals surface area contributed by atoms with Crippen LogP contribution in [0.15, 0.2) is 56.7 Å². The third kappa shape index (κ3) is 3.12. The van der Waals surface area contributed by atoms with Crippen LogP contribution in [0.4, 0.5) is 5.69 Å². The van der Waals surface area contributed by atoms with Gasteiger partial charge in [0.05, 0.1) is 22.3 Å². The minimum atomic E-state index is -0.600. The number of aromatic nitrogens is 4. The number of nitrogens with zero attached hydrogens (tertiary/aromatic N) is 4. The number of anilines is 1. The molecule has 146 valence electrons. The molecule has 0 unspecified atom stereocenters. The number of benzene rings is 1. The zero-order chi connectivity index (χ0) is 20.7. The summed E-state index contributed by atoms with van der Waals surface area (Å²) < 4.78 is 7.43. The molecule has 4 rings (SSSR count). The van der Waals surface area contributed by atoms with Crippen LogP contribution < -0.4 is 16.6 Å². The number of rotatable bonds is 3. The number of hydrogen-bond acceptors (Lipinski definition) is 6. The molecule has 3 aromatic heterocycles. The first kappa shape index (κ1) is 18.4. The molecule has 0 aliphatic rings. The molecular formula is C20H17N5O4. The Hall–Kier alpha value is -4.01. The first-order valence-corrected chi connectivity index (χ1v) is 8.77. The van der Waals surface area contributed by atoms with Gasteiger partial charge in [0.25, 0.3) is 17.2 Å². The van der Waals surface area contributed by atoms with E-state index in [1.165, 1.54) is 24.9 Å². The normalized spacial score (nSPS) is 11.0. The summed E-state index contributed by atoms with van der Waals surface area (Å²) in [7, 11) is 2.85. The van der Waals surface area contributed by atoms with Crippen molar-refractivity contribution in [2.24, 2.45) is 14.1 Å². The molecule has 0 saturated carbocycles. The number of hydrogen-bond donors (Lipinski definition) is 1. The Morgan fingerprint density at radius 1 is 1.14 bits per heavy atom. The number of fused-ring (bicyclic) bond motifs is 1. The molecule has 9 nitrogen and oxygen atoms in total. The molecule has 1 N–H and O–H groups in total. The maximum Gasteiger partial charge on any atom is 0.330 e. The lowest BCUT2D eigenvalue weighted by Crippen LogP contribution is -2.38. The minimum Gasteiger partial charge on any atom is -0.335 e. The summed E-state index contributed by atoms with van der Waals surface area (Å²) in [4.78, 5) is 41.8. The predicted molar refractivity (Wildman–Crippen MR) is 107 cm³/mol. The third-order valence-corrected chi connectivity index (χ3v) is 4.63. The van der Waals surface area contributed by atoms with E-state index >= 15 is 0 Å². The zero-order valence-electron chi connectivity index (χ0n) is 16.0. The molecule has 0 bridgehead atoms. The zero-order valence-corrected chi connectivity index (χ0v) is 16.0. The van der Waals surface area contributed by atoms with E-state index in [1.54, 1.807) is 13.0 Å². The first-order chi connectivity index (χ1) is 13.9. The molecule has 0 radical (unpaired) electrons. The molecule has 9 heteroatoms. The smallest absolute Gasteiger partial charge is 0.330 e. The second kappa shape index (κ2) is 6.86. The van der Waals surface area contributed by atoms with Gasteiger partial charge in [0, 0.05) is 25.9 Å². The SMILES string of the molecule is Cc1noc2nc(-c3ccccc3)cc(C(=O)Nc3cn(C)c(=O)n(C)c3=O)c12. The van der Waals surface area contributed by atoms with Crippen LogP contribution >= 0.6 is 0 Å². The van der Waals surface area contributed by atoms with Gasteiger partial charge in [-0.25, -0.2) is 9.78 Å². The summed E-state index contributed by atoms with van der Waals surface area (Å²) in [5, 5.41) is 6.97. The maximum atomic E-state index is 13.1. The van der Waals surface area contributed by atoms with E-state index in [-0.39, 0.29) is 17.0 Å². The Morgan fingerprint density at radius 3 is 2.59 bits per heavy atom.